The summed E-state index contributed by atoms with van der Waals surface area (Å²) < 4.78 is 0. The summed E-state index contributed by atoms with van der Waals surface area (Å²) >= 11 is 0. The molecule has 0 aromatic heterocycles. The average Bonchev–Trinajstić information content (AvgIpc) is 2.16. The Bertz CT molecular complexity index is 236. The van der Waals surface area contributed by atoms with E-state index in [0.29, 0.717) is 12.0 Å². The molecule has 0 aromatic carbocycles. The van der Waals surface area contributed by atoms with Gasteiger partial charge in [-0.25, -0.2) is 0 Å². The number of hydrogen-bond acceptors (Lipinski definition) is 2. The highest BCUT2D eigenvalue weighted by molar-refractivity contribution is 5.82. The van der Waals surface area contributed by atoms with Crippen LogP contribution in [0.1, 0.15) is 39.5 Å². The molecule has 0 bridgehead atoms. The summed E-state index contributed by atoms with van der Waals surface area (Å²) in [5, 5.41) is 6.47. The number of carbonyl (C=O) groups excluding carboxylic acids is 1. The molecular formula is C12H22N2O. The molecule has 2 aliphatic rings. The number of carbonyl (C=O) groups is 1. The third-order valence-electron chi connectivity index (χ3n) is 3.77. The summed E-state index contributed by atoms with van der Waals surface area (Å²) in [5.74, 6) is 1.50. The Morgan fingerprint density at radius 1 is 1.33 bits per heavy atom. The van der Waals surface area contributed by atoms with Crippen molar-refractivity contribution in [2.24, 2.45) is 11.8 Å². The Morgan fingerprint density at radius 2 is 2.07 bits per heavy atom. The molecule has 1 saturated heterocycles. The van der Waals surface area contributed by atoms with Crippen LogP contribution >= 0.6 is 0 Å². The van der Waals surface area contributed by atoms with Crippen molar-refractivity contribution in [3.8, 4) is 0 Å². The van der Waals surface area contributed by atoms with E-state index < -0.39 is 0 Å². The van der Waals surface area contributed by atoms with Crippen LogP contribution < -0.4 is 10.6 Å². The molecule has 0 spiro atoms. The first-order valence-corrected chi connectivity index (χ1v) is 6.20. The summed E-state index contributed by atoms with van der Waals surface area (Å²) in [6.07, 6.45) is 4.69. The van der Waals surface area contributed by atoms with Crippen molar-refractivity contribution in [1.29, 1.82) is 0 Å². The van der Waals surface area contributed by atoms with Gasteiger partial charge in [0.25, 0.3) is 0 Å². The molecule has 2 atom stereocenters. The number of nitrogens with one attached hydrogen (secondary N) is 2. The molecule has 1 aliphatic heterocycles. The first-order chi connectivity index (χ1) is 7.16. The first kappa shape index (κ1) is 10.9. The molecular weight excluding hydrogens is 188 g/mol. The monoisotopic (exact) mass is 210 g/mol. The third-order valence-corrected chi connectivity index (χ3v) is 3.77. The topological polar surface area (TPSA) is 41.1 Å². The first-order valence-electron chi connectivity index (χ1n) is 6.20. The maximum atomic E-state index is 11.9. The van der Waals surface area contributed by atoms with Gasteiger partial charge in [-0.1, -0.05) is 13.8 Å². The van der Waals surface area contributed by atoms with Crippen LogP contribution in [0.5, 0.6) is 0 Å². The van der Waals surface area contributed by atoms with Crippen LogP contribution in [0.3, 0.4) is 0 Å². The lowest BCUT2D eigenvalue weighted by molar-refractivity contribution is -0.126. The fourth-order valence-electron chi connectivity index (χ4n) is 2.71. The van der Waals surface area contributed by atoms with Crippen LogP contribution in [0.25, 0.3) is 0 Å². The van der Waals surface area contributed by atoms with Gasteiger partial charge in [-0.2, -0.15) is 0 Å². The van der Waals surface area contributed by atoms with Gasteiger partial charge in [0, 0.05) is 6.04 Å². The van der Waals surface area contributed by atoms with Gasteiger partial charge in [-0.3, -0.25) is 4.79 Å². The van der Waals surface area contributed by atoms with E-state index in [2.05, 4.69) is 24.5 Å². The average molecular weight is 210 g/mol. The minimum absolute atomic E-state index is 0.0506. The van der Waals surface area contributed by atoms with Gasteiger partial charge in [0.05, 0.1) is 6.04 Å². The molecule has 1 amide bonds. The lowest BCUT2D eigenvalue weighted by atomic mass is 9.81. The van der Waals surface area contributed by atoms with Gasteiger partial charge in [0.15, 0.2) is 0 Å². The molecule has 0 aromatic rings. The zero-order valence-corrected chi connectivity index (χ0v) is 9.75. The summed E-state index contributed by atoms with van der Waals surface area (Å²) in [6.45, 7) is 5.40. The van der Waals surface area contributed by atoms with Crippen molar-refractivity contribution in [1.82, 2.24) is 10.6 Å². The third kappa shape index (κ3) is 2.51. The smallest absolute Gasteiger partial charge is 0.237 e. The highest BCUT2D eigenvalue weighted by Crippen LogP contribution is 2.26. The standard InChI is InChI=1S/C12H22N2O/c1-8-6-10(7-8)14-12(15)11-9(2)4-3-5-13-11/h8-11,13H,3-7H2,1-2H3,(H,14,15). The van der Waals surface area contributed by atoms with E-state index in [4.69, 9.17) is 0 Å². The van der Waals surface area contributed by atoms with E-state index in [9.17, 15) is 4.79 Å². The SMILES string of the molecule is CC1CC(NC(=O)C2NCCCC2C)C1. The maximum Gasteiger partial charge on any atom is 0.237 e. The molecule has 0 radical (unpaired) electrons. The van der Waals surface area contributed by atoms with Gasteiger partial charge < -0.3 is 10.6 Å². The zero-order valence-electron chi connectivity index (χ0n) is 9.75. The lowest BCUT2D eigenvalue weighted by Crippen LogP contribution is -2.55. The van der Waals surface area contributed by atoms with Crippen molar-refractivity contribution < 1.29 is 4.79 Å². The van der Waals surface area contributed by atoms with Gasteiger partial charge >= 0.3 is 0 Å². The Kier molecular flexibility index (Phi) is 3.29. The number of amides is 1. The second-order valence-corrected chi connectivity index (χ2v) is 5.33. The van der Waals surface area contributed by atoms with Crippen LogP contribution in [0.4, 0.5) is 0 Å². The van der Waals surface area contributed by atoms with Crippen LogP contribution in [-0.2, 0) is 4.79 Å². The van der Waals surface area contributed by atoms with Gasteiger partial charge in [0.2, 0.25) is 5.91 Å². The molecule has 2 N–H and O–H groups in total. The maximum absolute atomic E-state index is 11.9. The fourth-order valence-corrected chi connectivity index (χ4v) is 2.71. The van der Waals surface area contributed by atoms with Crippen molar-refractivity contribution >= 4 is 5.91 Å². The molecule has 86 valence electrons. The summed E-state index contributed by atoms with van der Waals surface area (Å²) in [6, 6.07) is 0.498. The van der Waals surface area contributed by atoms with E-state index >= 15 is 0 Å². The molecule has 1 aliphatic carbocycles. The lowest BCUT2D eigenvalue weighted by Gasteiger charge is -2.36. The molecule has 3 nitrogen and oxygen atoms in total. The molecule has 2 unspecified atom stereocenters. The highest BCUT2D eigenvalue weighted by atomic mass is 16.2. The largest absolute Gasteiger partial charge is 0.352 e. The van der Waals surface area contributed by atoms with Crippen LogP contribution in [0.2, 0.25) is 0 Å². The van der Waals surface area contributed by atoms with Gasteiger partial charge in [-0.15, -0.1) is 0 Å². The Hall–Kier alpha value is -0.570. The number of hydrogen-bond donors (Lipinski definition) is 2. The fraction of sp³-hybridized carbons (Fsp3) is 0.917. The molecule has 2 fully saturated rings. The Morgan fingerprint density at radius 3 is 2.67 bits per heavy atom. The predicted octanol–water partition coefficient (Wildman–Crippen LogP) is 1.29. The summed E-state index contributed by atoms with van der Waals surface area (Å²) in [7, 11) is 0. The van der Waals surface area contributed by atoms with E-state index in [0.717, 1.165) is 25.3 Å². The Balaban J connectivity index is 1.79. The molecule has 1 heterocycles. The second kappa shape index (κ2) is 4.52. The van der Waals surface area contributed by atoms with Crippen molar-refractivity contribution in [3.63, 3.8) is 0 Å². The van der Waals surface area contributed by atoms with E-state index in [1.165, 1.54) is 12.8 Å². The summed E-state index contributed by atoms with van der Waals surface area (Å²) in [4.78, 5) is 11.9. The predicted molar refractivity (Wildman–Crippen MR) is 60.5 cm³/mol. The van der Waals surface area contributed by atoms with E-state index in [1.54, 1.807) is 0 Å². The van der Waals surface area contributed by atoms with Crippen LogP contribution in [-0.4, -0.2) is 24.5 Å². The normalized spacial score (nSPS) is 40.7. The van der Waals surface area contributed by atoms with Crippen molar-refractivity contribution in [2.45, 2.75) is 51.6 Å². The van der Waals surface area contributed by atoms with Gasteiger partial charge in [0.1, 0.15) is 0 Å². The zero-order chi connectivity index (χ0) is 10.8. The van der Waals surface area contributed by atoms with Crippen molar-refractivity contribution in [3.05, 3.63) is 0 Å². The minimum atomic E-state index is 0.0506. The highest BCUT2D eigenvalue weighted by Gasteiger charge is 2.32. The minimum Gasteiger partial charge on any atom is -0.352 e. The van der Waals surface area contributed by atoms with Crippen LogP contribution in [0, 0.1) is 11.8 Å². The Labute approximate surface area is 92.0 Å². The van der Waals surface area contributed by atoms with Gasteiger partial charge in [-0.05, 0) is 44.1 Å². The van der Waals surface area contributed by atoms with E-state index in [1.807, 2.05) is 0 Å². The number of rotatable bonds is 2. The van der Waals surface area contributed by atoms with Crippen LogP contribution in [0.15, 0.2) is 0 Å². The number of piperidine rings is 1. The quantitative estimate of drug-likeness (QED) is 0.721. The molecule has 3 heteroatoms. The van der Waals surface area contributed by atoms with E-state index in [-0.39, 0.29) is 11.9 Å². The summed E-state index contributed by atoms with van der Waals surface area (Å²) in [5.41, 5.74) is 0. The molecule has 2 rings (SSSR count). The molecule has 1 saturated carbocycles. The molecule has 15 heavy (non-hydrogen) atoms. The van der Waals surface area contributed by atoms with Crippen molar-refractivity contribution in [2.75, 3.05) is 6.54 Å². The second-order valence-electron chi connectivity index (χ2n) is 5.33.